The van der Waals surface area contributed by atoms with Crippen LogP contribution in [-0.4, -0.2) is 27.5 Å². The van der Waals surface area contributed by atoms with Crippen molar-refractivity contribution in [1.29, 1.82) is 0 Å². The molecule has 0 aromatic carbocycles. The third-order valence-electron chi connectivity index (χ3n) is 2.78. The van der Waals surface area contributed by atoms with Gasteiger partial charge in [-0.25, -0.2) is 9.97 Å². The van der Waals surface area contributed by atoms with Crippen LogP contribution in [0.15, 0.2) is 12.3 Å². The Morgan fingerprint density at radius 2 is 2.17 bits per heavy atom. The van der Waals surface area contributed by atoms with Gasteiger partial charge in [0.25, 0.3) is 0 Å². The molecule has 18 heavy (non-hydrogen) atoms. The lowest BCUT2D eigenvalue weighted by Gasteiger charge is -2.26. The predicted octanol–water partition coefficient (Wildman–Crippen LogP) is 2.52. The van der Waals surface area contributed by atoms with E-state index in [2.05, 4.69) is 35.6 Å². The molecule has 1 aromatic heterocycles. The molecule has 1 rings (SSSR count). The second kappa shape index (κ2) is 7.26. The van der Waals surface area contributed by atoms with E-state index < -0.39 is 0 Å². The fourth-order valence-corrected chi connectivity index (χ4v) is 1.86. The quantitative estimate of drug-likeness (QED) is 0.607. The Hall–Kier alpha value is -1.23. The Morgan fingerprint density at radius 1 is 1.44 bits per heavy atom. The third kappa shape index (κ3) is 4.22. The van der Waals surface area contributed by atoms with Crippen LogP contribution in [0.5, 0.6) is 0 Å². The van der Waals surface area contributed by atoms with Crippen molar-refractivity contribution >= 4 is 23.2 Å². The van der Waals surface area contributed by atoms with Gasteiger partial charge in [-0.2, -0.15) is 0 Å². The van der Waals surface area contributed by atoms with Gasteiger partial charge >= 0.3 is 0 Å². The van der Waals surface area contributed by atoms with Crippen molar-refractivity contribution in [1.82, 2.24) is 9.97 Å². The minimum Gasteiger partial charge on any atom is -0.388 e. The number of anilines is 1. The maximum atomic E-state index is 5.60. The Morgan fingerprint density at radius 3 is 2.72 bits per heavy atom. The van der Waals surface area contributed by atoms with Crippen LogP contribution in [-0.2, 0) is 0 Å². The summed E-state index contributed by atoms with van der Waals surface area (Å²) in [7, 11) is 0. The van der Waals surface area contributed by atoms with E-state index in [9.17, 15) is 0 Å². The van der Waals surface area contributed by atoms with E-state index in [1.54, 1.807) is 12.3 Å². The maximum Gasteiger partial charge on any atom is 0.226 e. The standard InChI is InChI=1S/C13H22N4S/c1-4-5-6-9-17(10(2)3)13-15-8-7-11(16-13)12(14)18/h7-8,10H,4-6,9H2,1-3H3,(H2,14,18). The molecular formula is C13H22N4S. The van der Waals surface area contributed by atoms with Crippen molar-refractivity contribution in [3.63, 3.8) is 0 Å². The highest BCUT2D eigenvalue weighted by Gasteiger charge is 2.13. The van der Waals surface area contributed by atoms with E-state index in [1.807, 2.05) is 0 Å². The Kier molecular flexibility index (Phi) is 5.98. The number of nitrogens with two attached hydrogens (primary N) is 1. The largest absolute Gasteiger partial charge is 0.388 e. The van der Waals surface area contributed by atoms with Crippen molar-refractivity contribution in [2.24, 2.45) is 5.73 Å². The fraction of sp³-hybridized carbons (Fsp3) is 0.615. The van der Waals surface area contributed by atoms with Gasteiger partial charge in [0.05, 0.1) is 0 Å². The maximum absolute atomic E-state index is 5.60. The smallest absolute Gasteiger partial charge is 0.226 e. The number of rotatable bonds is 7. The highest BCUT2D eigenvalue weighted by molar-refractivity contribution is 7.80. The highest BCUT2D eigenvalue weighted by atomic mass is 32.1. The average Bonchev–Trinajstić information content (AvgIpc) is 2.34. The molecule has 0 unspecified atom stereocenters. The summed E-state index contributed by atoms with van der Waals surface area (Å²) in [6.45, 7) is 7.45. The lowest BCUT2D eigenvalue weighted by Crippen LogP contribution is -2.33. The van der Waals surface area contributed by atoms with Gasteiger partial charge in [0.1, 0.15) is 10.7 Å². The van der Waals surface area contributed by atoms with Crippen LogP contribution >= 0.6 is 12.2 Å². The SMILES string of the molecule is CCCCCN(c1nccc(C(N)=S)n1)C(C)C. The minimum absolute atomic E-state index is 0.316. The summed E-state index contributed by atoms with van der Waals surface area (Å²) in [4.78, 5) is 11.3. The number of hydrogen-bond acceptors (Lipinski definition) is 4. The third-order valence-corrected chi connectivity index (χ3v) is 2.99. The number of nitrogens with zero attached hydrogens (tertiary/aromatic N) is 3. The molecule has 0 saturated heterocycles. The molecule has 0 aliphatic rings. The first-order chi connectivity index (χ1) is 8.56. The van der Waals surface area contributed by atoms with Gasteiger partial charge in [0.2, 0.25) is 5.95 Å². The number of thiocarbonyl (C=S) groups is 1. The van der Waals surface area contributed by atoms with Gasteiger partial charge in [-0.15, -0.1) is 0 Å². The van der Waals surface area contributed by atoms with E-state index in [-0.39, 0.29) is 0 Å². The van der Waals surface area contributed by atoms with Gasteiger partial charge < -0.3 is 10.6 Å². The second-order valence-corrected chi connectivity index (χ2v) is 5.04. The van der Waals surface area contributed by atoms with Gasteiger partial charge in [0, 0.05) is 18.8 Å². The molecule has 1 aromatic rings. The molecule has 2 N–H and O–H groups in total. The fourth-order valence-electron chi connectivity index (χ4n) is 1.75. The Labute approximate surface area is 115 Å². The lowest BCUT2D eigenvalue weighted by molar-refractivity contribution is 0.612. The molecule has 1 heterocycles. The summed E-state index contributed by atoms with van der Waals surface area (Å²) in [6, 6.07) is 2.11. The van der Waals surface area contributed by atoms with E-state index in [0.29, 0.717) is 22.7 Å². The minimum atomic E-state index is 0.316. The molecule has 0 fully saturated rings. The zero-order valence-corrected chi connectivity index (χ0v) is 12.2. The van der Waals surface area contributed by atoms with Crippen LogP contribution in [0.4, 0.5) is 5.95 Å². The van der Waals surface area contributed by atoms with Crippen LogP contribution in [0.1, 0.15) is 45.7 Å². The van der Waals surface area contributed by atoms with Gasteiger partial charge in [-0.1, -0.05) is 32.0 Å². The molecule has 0 aliphatic carbocycles. The summed E-state index contributed by atoms with van der Waals surface area (Å²) >= 11 is 4.95. The summed E-state index contributed by atoms with van der Waals surface area (Å²) in [5.41, 5.74) is 6.24. The van der Waals surface area contributed by atoms with E-state index in [0.717, 1.165) is 13.0 Å². The van der Waals surface area contributed by atoms with Crippen molar-refractivity contribution in [3.8, 4) is 0 Å². The summed E-state index contributed by atoms with van der Waals surface area (Å²) < 4.78 is 0. The molecule has 100 valence electrons. The molecule has 0 bridgehead atoms. The molecule has 4 nitrogen and oxygen atoms in total. The second-order valence-electron chi connectivity index (χ2n) is 4.60. The normalized spacial score (nSPS) is 10.7. The van der Waals surface area contributed by atoms with Gasteiger partial charge in [-0.05, 0) is 26.3 Å². The molecule has 5 heteroatoms. The molecule has 0 aliphatic heterocycles. The number of unbranched alkanes of at least 4 members (excludes halogenated alkanes) is 2. The highest BCUT2D eigenvalue weighted by Crippen LogP contribution is 2.13. The molecular weight excluding hydrogens is 244 g/mol. The number of hydrogen-bond donors (Lipinski definition) is 1. The first kappa shape index (κ1) is 14.8. The van der Waals surface area contributed by atoms with Crippen molar-refractivity contribution in [3.05, 3.63) is 18.0 Å². The Bertz CT molecular complexity index is 392. The van der Waals surface area contributed by atoms with E-state index in [4.69, 9.17) is 18.0 Å². The zero-order chi connectivity index (χ0) is 13.5. The van der Waals surface area contributed by atoms with Crippen LogP contribution in [0.2, 0.25) is 0 Å². The van der Waals surface area contributed by atoms with Crippen LogP contribution in [0.3, 0.4) is 0 Å². The molecule has 0 radical (unpaired) electrons. The first-order valence-corrected chi connectivity index (χ1v) is 6.86. The molecule has 0 saturated carbocycles. The van der Waals surface area contributed by atoms with Gasteiger partial charge in [0.15, 0.2) is 0 Å². The topological polar surface area (TPSA) is 55.0 Å². The van der Waals surface area contributed by atoms with Crippen LogP contribution in [0.25, 0.3) is 0 Å². The van der Waals surface area contributed by atoms with Crippen molar-refractivity contribution in [2.45, 2.75) is 46.1 Å². The van der Waals surface area contributed by atoms with Crippen molar-refractivity contribution in [2.75, 3.05) is 11.4 Å². The molecule has 0 amide bonds. The van der Waals surface area contributed by atoms with E-state index >= 15 is 0 Å². The zero-order valence-electron chi connectivity index (χ0n) is 11.4. The lowest BCUT2D eigenvalue weighted by atomic mass is 10.2. The molecule has 0 atom stereocenters. The average molecular weight is 266 g/mol. The van der Waals surface area contributed by atoms with Crippen LogP contribution < -0.4 is 10.6 Å². The predicted molar refractivity (Wildman–Crippen MR) is 79.9 cm³/mol. The monoisotopic (exact) mass is 266 g/mol. The first-order valence-electron chi connectivity index (χ1n) is 6.45. The summed E-state index contributed by atoms with van der Waals surface area (Å²) in [5, 5.41) is 0. The number of aromatic nitrogens is 2. The molecule has 0 spiro atoms. The van der Waals surface area contributed by atoms with Crippen LogP contribution in [0, 0.1) is 0 Å². The summed E-state index contributed by atoms with van der Waals surface area (Å²) in [5.74, 6) is 0.714. The Balaban J connectivity index is 2.84. The van der Waals surface area contributed by atoms with Crippen molar-refractivity contribution < 1.29 is 0 Å². The van der Waals surface area contributed by atoms with Gasteiger partial charge in [-0.3, -0.25) is 0 Å². The van der Waals surface area contributed by atoms with E-state index in [1.165, 1.54) is 12.8 Å². The summed E-state index contributed by atoms with van der Waals surface area (Å²) in [6.07, 6.45) is 5.29.